The molecule has 190 valence electrons. The molecule has 0 aromatic heterocycles. The van der Waals surface area contributed by atoms with Crippen LogP contribution in [0.15, 0.2) is 71.6 Å². The molecule has 0 bridgehead atoms. The fourth-order valence-corrected chi connectivity index (χ4v) is 5.32. The highest BCUT2D eigenvalue weighted by Gasteiger charge is 2.37. The molecule has 1 saturated heterocycles. The largest absolute Gasteiger partial charge is 0.482 e. The van der Waals surface area contributed by atoms with Gasteiger partial charge in [0, 0.05) is 18.5 Å². The quantitative estimate of drug-likeness (QED) is 0.371. The molecule has 0 atom stereocenters. The van der Waals surface area contributed by atoms with E-state index >= 15 is 0 Å². The number of hydrogen-bond acceptors (Lipinski definition) is 5. The molecule has 1 aliphatic rings. The van der Waals surface area contributed by atoms with Crippen LogP contribution in [0.4, 0.5) is 5.69 Å². The van der Waals surface area contributed by atoms with Gasteiger partial charge in [-0.2, -0.15) is 0 Å². The van der Waals surface area contributed by atoms with Crippen LogP contribution < -0.4 is 10.1 Å². The van der Waals surface area contributed by atoms with E-state index in [4.69, 9.17) is 32.7 Å². The minimum absolute atomic E-state index is 0.0366. The molecular weight excluding hydrogens is 521 g/mol. The number of carbonyl (C=O) groups excluding carboxylic acids is 1. The minimum atomic E-state index is -3.27. The second kappa shape index (κ2) is 11.2. The number of anilines is 1. The van der Waals surface area contributed by atoms with Crippen molar-refractivity contribution in [1.82, 2.24) is 0 Å². The van der Waals surface area contributed by atoms with Crippen LogP contribution in [0.5, 0.6) is 5.75 Å². The molecule has 36 heavy (non-hydrogen) atoms. The highest BCUT2D eigenvalue weighted by Crippen LogP contribution is 2.39. The van der Waals surface area contributed by atoms with Gasteiger partial charge in [-0.1, -0.05) is 48.3 Å². The van der Waals surface area contributed by atoms with Gasteiger partial charge in [-0.05, 0) is 59.7 Å². The lowest BCUT2D eigenvalue weighted by molar-refractivity contribution is -0.115. The number of sulfone groups is 1. The zero-order chi connectivity index (χ0) is 25.8. The van der Waals surface area contributed by atoms with Gasteiger partial charge >= 0.3 is 0 Å². The first-order chi connectivity index (χ1) is 17.2. The Hall–Kier alpha value is -2.58. The summed E-state index contributed by atoms with van der Waals surface area (Å²) in [6, 6.07) is 19.1. The smallest absolute Gasteiger partial charge is 0.228 e. The number of ether oxygens (including phenoxy) is 2. The summed E-state index contributed by atoms with van der Waals surface area (Å²) >= 11 is 12.4. The van der Waals surface area contributed by atoms with Gasteiger partial charge in [0.2, 0.25) is 5.91 Å². The van der Waals surface area contributed by atoms with Crippen molar-refractivity contribution >= 4 is 44.6 Å². The van der Waals surface area contributed by atoms with Gasteiger partial charge in [0.1, 0.15) is 11.4 Å². The Bertz CT molecular complexity index is 1320. The lowest BCUT2D eigenvalue weighted by Gasteiger charge is -2.38. The second-order valence-electron chi connectivity index (χ2n) is 8.63. The van der Waals surface area contributed by atoms with Gasteiger partial charge in [0.25, 0.3) is 0 Å². The molecule has 0 unspecified atom stereocenters. The standard InChI is InChI=1S/C27H27Cl2NO5S/c1-2-36(32,33)23-10-3-19(4-11-23)17-26(31)30-21-6-8-22(9-7-21)35-27(13-15-34-16-14-27)20-5-12-24(28)25(29)18-20/h3-12,18H,2,13-17H2,1H3,(H,30,31). The van der Waals surface area contributed by atoms with Crippen molar-refractivity contribution in [1.29, 1.82) is 0 Å². The van der Waals surface area contributed by atoms with Crippen LogP contribution in [0.1, 0.15) is 30.9 Å². The summed E-state index contributed by atoms with van der Waals surface area (Å²) in [5.41, 5.74) is 1.71. The number of benzene rings is 3. The Morgan fingerprint density at radius 2 is 1.64 bits per heavy atom. The number of hydrogen-bond donors (Lipinski definition) is 1. The number of carbonyl (C=O) groups is 1. The summed E-state index contributed by atoms with van der Waals surface area (Å²) in [5, 5.41) is 3.83. The number of halogens is 2. The van der Waals surface area contributed by atoms with Gasteiger partial charge in [-0.3, -0.25) is 4.79 Å². The van der Waals surface area contributed by atoms with E-state index in [2.05, 4.69) is 5.32 Å². The van der Waals surface area contributed by atoms with Gasteiger partial charge < -0.3 is 14.8 Å². The van der Waals surface area contributed by atoms with Crippen LogP contribution in [0.2, 0.25) is 10.0 Å². The molecule has 3 aromatic carbocycles. The fourth-order valence-electron chi connectivity index (χ4n) is 4.13. The Balaban J connectivity index is 1.42. The van der Waals surface area contributed by atoms with Crippen molar-refractivity contribution in [2.45, 2.75) is 36.7 Å². The zero-order valence-electron chi connectivity index (χ0n) is 19.8. The van der Waals surface area contributed by atoms with Crippen molar-refractivity contribution in [3.8, 4) is 5.75 Å². The summed E-state index contributed by atoms with van der Waals surface area (Å²) in [4.78, 5) is 12.8. The molecule has 4 rings (SSSR count). The van der Waals surface area contributed by atoms with Crippen LogP contribution in [-0.4, -0.2) is 33.3 Å². The van der Waals surface area contributed by atoms with Crippen LogP contribution in [-0.2, 0) is 31.4 Å². The van der Waals surface area contributed by atoms with Gasteiger partial charge in [0.15, 0.2) is 9.84 Å². The summed E-state index contributed by atoms with van der Waals surface area (Å²) in [5.74, 6) is 0.495. The molecule has 1 aliphatic heterocycles. The van der Waals surface area contributed by atoms with Crippen LogP contribution in [0, 0.1) is 0 Å². The minimum Gasteiger partial charge on any atom is -0.482 e. The Kier molecular flexibility index (Phi) is 8.25. The topological polar surface area (TPSA) is 81.7 Å². The molecule has 1 heterocycles. The third-order valence-corrected chi connectivity index (χ3v) is 8.71. The van der Waals surface area contributed by atoms with E-state index in [-0.39, 0.29) is 23.0 Å². The van der Waals surface area contributed by atoms with E-state index in [1.165, 1.54) is 12.1 Å². The summed E-state index contributed by atoms with van der Waals surface area (Å²) < 4.78 is 35.9. The Morgan fingerprint density at radius 1 is 0.972 bits per heavy atom. The summed E-state index contributed by atoms with van der Waals surface area (Å²) in [7, 11) is -3.27. The molecule has 0 spiro atoms. The average molecular weight is 548 g/mol. The SMILES string of the molecule is CCS(=O)(=O)c1ccc(CC(=O)Nc2ccc(OC3(c4ccc(Cl)c(Cl)c4)CCOCC3)cc2)cc1. The van der Waals surface area contributed by atoms with E-state index in [0.717, 1.165) is 11.1 Å². The monoisotopic (exact) mass is 547 g/mol. The third-order valence-electron chi connectivity index (χ3n) is 6.22. The average Bonchev–Trinajstić information content (AvgIpc) is 2.87. The van der Waals surface area contributed by atoms with E-state index in [1.54, 1.807) is 37.3 Å². The van der Waals surface area contributed by atoms with Crippen molar-refractivity contribution in [2.24, 2.45) is 0 Å². The molecule has 0 aliphatic carbocycles. The molecule has 6 nitrogen and oxygen atoms in total. The normalized spacial score (nSPS) is 15.3. The van der Waals surface area contributed by atoms with E-state index in [0.29, 0.717) is 47.5 Å². The first-order valence-electron chi connectivity index (χ1n) is 11.6. The van der Waals surface area contributed by atoms with E-state index in [9.17, 15) is 13.2 Å². The van der Waals surface area contributed by atoms with Gasteiger partial charge in [-0.15, -0.1) is 0 Å². The number of rotatable bonds is 8. The second-order valence-corrected chi connectivity index (χ2v) is 11.7. The summed E-state index contributed by atoms with van der Waals surface area (Å²) in [6.07, 6.45) is 1.47. The Morgan fingerprint density at radius 3 is 2.25 bits per heavy atom. The molecular formula is C27H27Cl2NO5S. The van der Waals surface area contributed by atoms with Crippen LogP contribution in [0.3, 0.4) is 0 Å². The maximum Gasteiger partial charge on any atom is 0.228 e. The zero-order valence-corrected chi connectivity index (χ0v) is 22.1. The van der Waals surface area contributed by atoms with Crippen molar-refractivity contribution in [3.05, 3.63) is 87.9 Å². The predicted molar refractivity (Wildman–Crippen MR) is 142 cm³/mol. The molecule has 0 radical (unpaired) electrons. The first-order valence-corrected chi connectivity index (χ1v) is 14.1. The molecule has 3 aromatic rings. The summed E-state index contributed by atoms with van der Waals surface area (Å²) in [6.45, 7) is 2.74. The highest BCUT2D eigenvalue weighted by atomic mass is 35.5. The van der Waals surface area contributed by atoms with Crippen molar-refractivity contribution in [3.63, 3.8) is 0 Å². The fraction of sp³-hybridized carbons (Fsp3) is 0.296. The van der Waals surface area contributed by atoms with Crippen molar-refractivity contribution < 1.29 is 22.7 Å². The highest BCUT2D eigenvalue weighted by molar-refractivity contribution is 7.91. The van der Waals surface area contributed by atoms with E-state index < -0.39 is 15.4 Å². The molecule has 1 amide bonds. The van der Waals surface area contributed by atoms with Crippen LogP contribution in [0.25, 0.3) is 0 Å². The lowest BCUT2D eigenvalue weighted by Crippen LogP contribution is -2.39. The first kappa shape index (κ1) is 26.5. The van der Waals surface area contributed by atoms with Gasteiger partial charge in [-0.25, -0.2) is 8.42 Å². The van der Waals surface area contributed by atoms with Crippen molar-refractivity contribution in [2.75, 3.05) is 24.3 Å². The number of amides is 1. The molecule has 1 N–H and O–H groups in total. The molecule has 1 fully saturated rings. The maximum atomic E-state index is 12.5. The Labute approximate surface area is 221 Å². The van der Waals surface area contributed by atoms with Gasteiger partial charge in [0.05, 0.1) is 40.3 Å². The number of nitrogens with one attached hydrogen (secondary N) is 1. The lowest BCUT2D eigenvalue weighted by atomic mass is 9.86. The predicted octanol–water partition coefficient (Wildman–Crippen LogP) is 6.05. The maximum absolute atomic E-state index is 12.5. The van der Waals surface area contributed by atoms with Crippen LogP contribution >= 0.6 is 23.2 Å². The molecule has 9 heteroatoms. The third kappa shape index (κ3) is 6.21. The molecule has 0 saturated carbocycles. The van der Waals surface area contributed by atoms with E-state index in [1.807, 2.05) is 24.3 Å².